The molecule has 94 valence electrons. The summed E-state index contributed by atoms with van der Waals surface area (Å²) in [7, 11) is 1.69. The summed E-state index contributed by atoms with van der Waals surface area (Å²) >= 11 is 0. The molecule has 5 heteroatoms. The van der Waals surface area contributed by atoms with Gasteiger partial charge in [0.25, 0.3) is 0 Å². The molecule has 0 fully saturated rings. The van der Waals surface area contributed by atoms with Crippen LogP contribution in [0.2, 0.25) is 0 Å². The van der Waals surface area contributed by atoms with E-state index < -0.39 is 5.97 Å². The second-order valence-electron chi connectivity index (χ2n) is 3.71. The molecular weight excluding hydrogens is 220 g/mol. The van der Waals surface area contributed by atoms with Crippen molar-refractivity contribution in [1.29, 1.82) is 0 Å². The first-order valence-corrected chi connectivity index (χ1v) is 5.66. The van der Waals surface area contributed by atoms with Crippen LogP contribution in [-0.4, -0.2) is 36.3 Å². The molecule has 1 heterocycles. The molecule has 0 aliphatic rings. The number of ether oxygens (including phenoxy) is 1. The van der Waals surface area contributed by atoms with E-state index in [2.05, 4.69) is 10.3 Å². The molecule has 0 saturated heterocycles. The number of methoxy groups -OCH3 is 1. The van der Waals surface area contributed by atoms with E-state index in [0.29, 0.717) is 5.69 Å². The van der Waals surface area contributed by atoms with Crippen molar-refractivity contribution >= 4 is 11.7 Å². The lowest BCUT2D eigenvalue weighted by atomic mass is 10.2. The van der Waals surface area contributed by atoms with Gasteiger partial charge in [-0.05, 0) is 25.3 Å². The average Bonchev–Trinajstić information content (AvgIpc) is 2.34. The van der Waals surface area contributed by atoms with Crippen LogP contribution in [0.4, 0.5) is 5.69 Å². The zero-order valence-electron chi connectivity index (χ0n) is 9.98. The summed E-state index contributed by atoms with van der Waals surface area (Å²) in [4.78, 5) is 14.7. The Morgan fingerprint density at radius 3 is 3.00 bits per heavy atom. The molecule has 0 aliphatic carbocycles. The maximum atomic E-state index is 10.9. The molecule has 0 aliphatic heterocycles. The highest BCUT2D eigenvalue weighted by Crippen LogP contribution is 2.13. The number of carboxylic acid groups (broad SMARTS) is 1. The van der Waals surface area contributed by atoms with Crippen LogP contribution < -0.4 is 5.32 Å². The van der Waals surface area contributed by atoms with Crippen molar-refractivity contribution in [1.82, 2.24) is 4.98 Å². The number of pyridine rings is 1. The monoisotopic (exact) mass is 238 g/mol. The van der Waals surface area contributed by atoms with Crippen molar-refractivity contribution in [2.45, 2.75) is 19.3 Å². The van der Waals surface area contributed by atoms with Crippen molar-refractivity contribution in [3.05, 3.63) is 24.0 Å². The highest BCUT2D eigenvalue weighted by atomic mass is 16.5. The lowest BCUT2D eigenvalue weighted by Gasteiger charge is -2.08. The SMILES string of the molecule is COCCCCCNc1ccncc1C(=O)O. The molecule has 1 rings (SSSR count). The first kappa shape index (κ1) is 13.4. The Morgan fingerprint density at radius 2 is 2.29 bits per heavy atom. The van der Waals surface area contributed by atoms with E-state index in [0.717, 1.165) is 32.4 Å². The maximum Gasteiger partial charge on any atom is 0.339 e. The highest BCUT2D eigenvalue weighted by Gasteiger charge is 2.08. The topological polar surface area (TPSA) is 71.5 Å². The van der Waals surface area contributed by atoms with Gasteiger partial charge >= 0.3 is 5.97 Å². The van der Waals surface area contributed by atoms with E-state index >= 15 is 0 Å². The quantitative estimate of drug-likeness (QED) is 0.678. The van der Waals surface area contributed by atoms with Gasteiger partial charge in [0.15, 0.2) is 0 Å². The van der Waals surface area contributed by atoms with Gasteiger partial charge in [-0.15, -0.1) is 0 Å². The second-order valence-corrected chi connectivity index (χ2v) is 3.71. The summed E-state index contributed by atoms with van der Waals surface area (Å²) in [5.41, 5.74) is 0.837. The molecule has 0 spiro atoms. The summed E-state index contributed by atoms with van der Waals surface area (Å²) in [6.45, 7) is 1.53. The number of nitrogens with one attached hydrogen (secondary N) is 1. The molecule has 2 N–H and O–H groups in total. The predicted molar refractivity (Wildman–Crippen MR) is 65.4 cm³/mol. The van der Waals surface area contributed by atoms with Crippen molar-refractivity contribution in [3.8, 4) is 0 Å². The van der Waals surface area contributed by atoms with Gasteiger partial charge in [0.2, 0.25) is 0 Å². The van der Waals surface area contributed by atoms with Gasteiger partial charge in [-0.3, -0.25) is 4.98 Å². The van der Waals surface area contributed by atoms with E-state index in [1.54, 1.807) is 19.4 Å². The van der Waals surface area contributed by atoms with Gasteiger partial charge in [0.05, 0.1) is 5.69 Å². The number of anilines is 1. The zero-order valence-corrected chi connectivity index (χ0v) is 9.98. The fraction of sp³-hybridized carbons (Fsp3) is 0.500. The summed E-state index contributed by atoms with van der Waals surface area (Å²) in [6, 6.07) is 1.68. The van der Waals surface area contributed by atoms with Crippen molar-refractivity contribution < 1.29 is 14.6 Å². The third-order valence-electron chi connectivity index (χ3n) is 2.39. The van der Waals surface area contributed by atoms with Gasteiger partial charge in [-0.2, -0.15) is 0 Å². The van der Waals surface area contributed by atoms with E-state index in [1.165, 1.54) is 6.20 Å². The van der Waals surface area contributed by atoms with Gasteiger partial charge in [0, 0.05) is 32.7 Å². The smallest absolute Gasteiger partial charge is 0.339 e. The summed E-state index contributed by atoms with van der Waals surface area (Å²) in [6.07, 6.45) is 6.02. The largest absolute Gasteiger partial charge is 0.478 e. The average molecular weight is 238 g/mol. The number of aromatic carboxylic acids is 1. The Balaban J connectivity index is 2.34. The molecule has 0 amide bonds. The molecule has 0 atom stereocenters. The molecule has 0 unspecified atom stereocenters. The van der Waals surface area contributed by atoms with Crippen LogP contribution in [0.15, 0.2) is 18.5 Å². The number of carboxylic acids is 1. The number of unbranched alkanes of at least 4 members (excludes halogenated alkanes) is 2. The molecule has 0 radical (unpaired) electrons. The van der Waals surface area contributed by atoms with Gasteiger partial charge in [0.1, 0.15) is 5.56 Å². The van der Waals surface area contributed by atoms with Crippen LogP contribution in [0.25, 0.3) is 0 Å². The van der Waals surface area contributed by atoms with Crippen LogP contribution in [-0.2, 0) is 4.74 Å². The first-order chi connectivity index (χ1) is 8.25. The Labute approximate surface area is 101 Å². The number of aromatic nitrogens is 1. The molecule has 0 aromatic carbocycles. The molecule has 5 nitrogen and oxygen atoms in total. The van der Waals surface area contributed by atoms with Crippen LogP contribution >= 0.6 is 0 Å². The number of hydrogen-bond donors (Lipinski definition) is 2. The first-order valence-electron chi connectivity index (χ1n) is 5.66. The Morgan fingerprint density at radius 1 is 1.47 bits per heavy atom. The van der Waals surface area contributed by atoms with Crippen LogP contribution in [0.3, 0.4) is 0 Å². The van der Waals surface area contributed by atoms with Crippen molar-refractivity contribution in [2.75, 3.05) is 25.6 Å². The van der Waals surface area contributed by atoms with Gasteiger partial charge in [-0.1, -0.05) is 0 Å². The zero-order chi connectivity index (χ0) is 12.5. The number of carbonyl (C=O) groups is 1. The minimum Gasteiger partial charge on any atom is -0.478 e. The number of rotatable bonds is 8. The predicted octanol–water partition coefficient (Wildman–Crippen LogP) is 2.01. The van der Waals surface area contributed by atoms with Gasteiger partial charge in [-0.25, -0.2) is 4.79 Å². The molecular formula is C12H18N2O3. The minimum absolute atomic E-state index is 0.212. The van der Waals surface area contributed by atoms with E-state index in [1.807, 2.05) is 0 Å². The lowest BCUT2D eigenvalue weighted by molar-refractivity contribution is 0.0697. The molecule has 0 bridgehead atoms. The Bertz CT molecular complexity index is 355. The minimum atomic E-state index is -0.958. The maximum absolute atomic E-state index is 10.9. The third kappa shape index (κ3) is 4.82. The van der Waals surface area contributed by atoms with Gasteiger partial charge < -0.3 is 15.2 Å². The third-order valence-corrected chi connectivity index (χ3v) is 2.39. The Hall–Kier alpha value is -1.62. The highest BCUT2D eigenvalue weighted by molar-refractivity contribution is 5.93. The van der Waals surface area contributed by atoms with E-state index in [4.69, 9.17) is 9.84 Å². The number of hydrogen-bond acceptors (Lipinski definition) is 4. The fourth-order valence-corrected chi connectivity index (χ4v) is 1.49. The van der Waals surface area contributed by atoms with Crippen molar-refractivity contribution in [3.63, 3.8) is 0 Å². The molecule has 1 aromatic heterocycles. The lowest BCUT2D eigenvalue weighted by Crippen LogP contribution is -2.08. The summed E-state index contributed by atoms with van der Waals surface area (Å²) in [5.74, 6) is -0.958. The summed E-state index contributed by atoms with van der Waals surface area (Å²) in [5, 5.41) is 12.1. The van der Waals surface area contributed by atoms with Crippen LogP contribution in [0.1, 0.15) is 29.6 Å². The normalized spacial score (nSPS) is 10.2. The number of nitrogens with zero attached hydrogens (tertiary/aromatic N) is 1. The van der Waals surface area contributed by atoms with E-state index in [9.17, 15) is 4.79 Å². The molecule has 17 heavy (non-hydrogen) atoms. The fourth-order valence-electron chi connectivity index (χ4n) is 1.49. The standard InChI is InChI=1S/C12H18N2O3/c1-17-8-4-2-3-6-14-11-5-7-13-9-10(11)12(15)16/h5,7,9H,2-4,6,8H2,1H3,(H,13,14)(H,15,16). The molecule has 0 saturated carbocycles. The second kappa shape index (κ2) is 7.62. The van der Waals surface area contributed by atoms with Crippen LogP contribution in [0.5, 0.6) is 0 Å². The van der Waals surface area contributed by atoms with E-state index in [-0.39, 0.29) is 5.56 Å². The van der Waals surface area contributed by atoms with Crippen LogP contribution in [0, 0.1) is 0 Å². The Kier molecular flexibility index (Phi) is 6.03. The molecule has 1 aromatic rings. The summed E-state index contributed by atoms with van der Waals surface area (Å²) < 4.78 is 4.95. The van der Waals surface area contributed by atoms with Crippen molar-refractivity contribution in [2.24, 2.45) is 0 Å².